The molecule has 0 heterocycles. The Morgan fingerprint density at radius 1 is 1.40 bits per heavy atom. The summed E-state index contributed by atoms with van der Waals surface area (Å²) in [6, 6.07) is 9.43. The molecule has 1 aromatic carbocycles. The average Bonchev–Trinajstić information content (AvgIpc) is 3.11. The number of para-hydroxylation sites is 1. The summed E-state index contributed by atoms with van der Waals surface area (Å²) in [4.78, 5) is 2.38. The van der Waals surface area contributed by atoms with Gasteiger partial charge in [-0.05, 0) is 30.9 Å². The minimum absolute atomic E-state index is 0.169. The molecule has 0 aromatic heterocycles. The average molecular weight is 204 g/mol. The van der Waals surface area contributed by atoms with Gasteiger partial charge in [-0.15, -0.1) is 0 Å². The summed E-state index contributed by atoms with van der Waals surface area (Å²) in [5.41, 5.74) is 8.73. The summed E-state index contributed by atoms with van der Waals surface area (Å²) in [6.07, 6.45) is 3.65. The molecular weight excluding hydrogens is 184 g/mol. The van der Waals surface area contributed by atoms with Crippen molar-refractivity contribution >= 4 is 5.69 Å². The minimum Gasteiger partial charge on any atom is -0.371 e. The second kappa shape index (κ2) is 4.23. The van der Waals surface area contributed by atoms with Gasteiger partial charge in [0.2, 0.25) is 0 Å². The van der Waals surface area contributed by atoms with Crippen LogP contribution in [-0.4, -0.2) is 13.1 Å². The van der Waals surface area contributed by atoms with Crippen LogP contribution in [0.5, 0.6) is 0 Å². The Bertz CT molecular complexity index is 331. The number of nitrogens with two attached hydrogens (primary N) is 1. The number of rotatable bonds is 4. The van der Waals surface area contributed by atoms with Crippen LogP contribution in [0.15, 0.2) is 24.3 Å². The van der Waals surface area contributed by atoms with Crippen LogP contribution >= 0.6 is 0 Å². The van der Waals surface area contributed by atoms with E-state index in [1.807, 2.05) is 0 Å². The molecule has 0 aliphatic heterocycles. The van der Waals surface area contributed by atoms with Gasteiger partial charge in [0.25, 0.3) is 0 Å². The molecule has 1 aliphatic carbocycles. The molecule has 0 saturated heterocycles. The Morgan fingerprint density at radius 3 is 2.67 bits per heavy atom. The van der Waals surface area contributed by atoms with Gasteiger partial charge in [0.05, 0.1) is 0 Å². The maximum atomic E-state index is 6.13. The molecule has 1 atom stereocenters. The Kier molecular flexibility index (Phi) is 2.96. The molecule has 1 saturated carbocycles. The maximum absolute atomic E-state index is 6.13. The predicted molar refractivity (Wildman–Crippen MR) is 65.1 cm³/mol. The first-order valence-electron chi connectivity index (χ1n) is 5.81. The highest BCUT2D eigenvalue weighted by Crippen LogP contribution is 2.34. The van der Waals surface area contributed by atoms with Crippen molar-refractivity contribution in [1.82, 2.24) is 0 Å². The van der Waals surface area contributed by atoms with Crippen molar-refractivity contribution in [1.29, 1.82) is 0 Å². The molecule has 2 nitrogen and oxygen atoms in total. The van der Waals surface area contributed by atoms with Gasteiger partial charge in [0.15, 0.2) is 0 Å². The maximum Gasteiger partial charge on any atom is 0.0414 e. The molecule has 0 amide bonds. The zero-order valence-electron chi connectivity index (χ0n) is 9.61. The monoisotopic (exact) mass is 204 g/mol. The fourth-order valence-corrected chi connectivity index (χ4v) is 2.00. The topological polar surface area (TPSA) is 29.3 Å². The molecule has 1 aromatic rings. The lowest BCUT2D eigenvalue weighted by molar-refractivity contribution is 0.694. The smallest absolute Gasteiger partial charge is 0.0414 e. The third-order valence-electron chi connectivity index (χ3n) is 3.25. The van der Waals surface area contributed by atoms with Crippen molar-refractivity contribution in [2.75, 3.05) is 11.9 Å². The van der Waals surface area contributed by atoms with Crippen LogP contribution in [0, 0.1) is 0 Å². The fraction of sp³-hybridized carbons (Fsp3) is 0.538. The Labute approximate surface area is 92.1 Å². The summed E-state index contributed by atoms with van der Waals surface area (Å²) in [7, 11) is 2.18. The highest BCUT2D eigenvalue weighted by atomic mass is 15.2. The highest BCUT2D eigenvalue weighted by Gasteiger charge is 2.27. The molecule has 0 bridgehead atoms. The first-order chi connectivity index (χ1) is 7.24. The zero-order chi connectivity index (χ0) is 10.8. The van der Waals surface area contributed by atoms with E-state index in [4.69, 9.17) is 5.73 Å². The van der Waals surface area contributed by atoms with E-state index in [9.17, 15) is 0 Å². The molecule has 0 unspecified atom stereocenters. The second-order valence-electron chi connectivity index (χ2n) is 4.42. The van der Waals surface area contributed by atoms with E-state index in [-0.39, 0.29) is 6.04 Å². The van der Waals surface area contributed by atoms with Crippen molar-refractivity contribution < 1.29 is 0 Å². The number of hydrogen-bond acceptors (Lipinski definition) is 2. The number of nitrogens with zero attached hydrogens (tertiary/aromatic N) is 1. The van der Waals surface area contributed by atoms with Gasteiger partial charge in [-0.3, -0.25) is 0 Å². The van der Waals surface area contributed by atoms with Gasteiger partial charge in [-0.2, -0.15) is 0 Å². The zero-order valence-corrected chi connectivity index (χ0v) is 9.61. The quantitative estimate of drug-likeness (QED) is 0.817. The summed E-state index contributed by atoms with van der Waals surface area (Å²) >= 11 is 0. The summed E-state index contributed by atoms with van der Waals surface area (Å²) in [5, 5.41) is 0. The molecule has 2 heteroatoms. The molecule has 1 aliphatic rings. The lowest BCUT2D eigenvalue weighted by Crippen LogP contribution is -2.23. The van der Waals surface area contributed by atoms with Crippen LogP contribution in [0.25, 0.3) is 0 Å². The van der Waals surface area contributed by atoms with Crippen molar-refractivity contribution in [2.45, 2.75) is 38.3 Å². The van der Waals surface area contributed by atoms with E-state index < -0.39 is 0 Å². The summed E-state index contributed by atoms with van der Waals surface area (Å²) in [5.74, 6) is 0. The lowest BCUT2D eigenvalue weighted by Gasteiger charge is -2.24. The van der Waals surface area contributed by atoms with Gasteiger partial charge in [-0.25, -0.2) is 0 Å². The molecule has 15 heavy (non-hydrogen) atoms. The molecule has 1 fully saturated rings. The van der Waals surface area contributed by atoms with E-state index in [1.54, 1.807) is 0 Å². The van der Waals surface area contributed by atoms with Crippen molar-refractivity contribution in [2.24, 2.45) is 5.73 Å². The SMILES string of the molecule is CC[C@H](N)c1ccccc1N(C)C1CC1. The van der Waals surface area contributed by atoms with Gasteiger partial charge in [0.1, 0.15) is 0 Å². The highest BCUT2D eigenvalue weighted by molar-refractivity contribution is 5.55. The van der Waals surface area contributed by atoms with Crippen molar-refractivity contribution in [3.8, 4) is 0 Å². The molecule has 82 valence electrons. The minimum atomic E-state index is 0.169. The number of anilines is 1. The first-order valence-corrected chi connectivity index (χ1v) is 5.81. The normalized spacial score (nSPS) is 17.5. The van der Waals surface area contributed by atoms with E-state index in [0.29, 0.717) is 0 Å². The largest absolute Gasteiger partial charge is 0.371 e. The van der Waals surface area contributed by atoms with Crippen molar-refractivity contribution in [3.63, 3.8) is 0 Å². The van der Waals surface area contributed by atoms with E-state index in [2.05, 4.69) is 43.1 Å². The van der Waals surface area contributed by atoms with Crippen molar-refractivity contribution in [3.05, 3.63) is 29.8 Å². The summed E-state index contributed by atoms with van der Waals surface area (Å²) < 4.78 is 0. The van der Waals surface area contributed by atoms with Crippen LogP contribution in [0.1, 0.15) is 37.8 Å². The standard InChI is InChI=1S/C13H20N2/c1-3-12(14)11-6-4-5-7-13(11)15(2)10-8-9-10/h4-7,10,12H,3,8-9,14H2,1-2H3/t12-/m0/s1. The molecule has 2 N–H and O–H groups in total. The molecular formula is C13H20N2. The lowest BCUT2D eigenvalue weighted by atomic mass is 10.0. The van der Waals surface area contributed by atoms with Crippen LogP contribution in [-0.2, 0) is 0 Å². The van der Waals surface area contributed by atoms with Crippen LogP contribution in [0.2, 0.25) is 0 Å². The van der Waals surface area contributed by atoms with Crippen LogP contribution < -0.4 is 10.6 Å². The van der Waals surface area contributed by atoms with E-state index in [1.165, 1.54) is 24.1 Å². The van der Waals surface area contributed by atoms with Gasteiger partial charge < -0.3 is 10.6 Å². The van der Waals surface area contributed by atoms with Crippen LogP contribution in [0.3, 0.4) is 0 Å². The number of benzene rings is 1. The molecule has 0 radical (unpaired) electrons. The third-order valence-corrected chi connectivity index (χ3v) is 3.25. The van der Waals surface area contributed by atoms with Gasteiger partial charge in [-0.1, -0.05) is 25.1 Å². The van der Waals surface area contributed by atoms with Crippen LogP contribution in [0.4, 0.5) is 5.69 Å². The van der Waals surface area contributed by atoms with E-state index >= 15 is 0 Å². The second-order valence-corrected chi connectivity index (χ2v) is 4.42. The molecule has 2 rings (SSSR count). The third kappa shape index (κ3) is 2.15. The molecule has 0 spiro atoms. The first kappa shape index (κ1) is 10.5. The predicted octanol–water partition coefficient (Wildman–Crippen LogP) is 2.70. The summed E-state index contributed by atoms with van der Waals surface area (Å²) in [6.45, 7) is 2.14. The Balaban J connectivity index is 2.27. The van der Waals surface area contributed by atoms with Gasteiger partial charge >= 0.3 is 0 Å². The Morgan fingerprint density at radius 2 is 2.07 bits per heavy atom. The van der Waals surface area contributed by atoms with E-state index in [0.717, 1.165) is 12.5 Å². The van der Waals surface area contributed by atoms with Gasteiger partial charge in [0, 0.05) is 24.8 Å². The Hall–Kier alpha value is -1.02. The fourth-order valence-electron chi connectivity index (χ4n) is 2.00. The number of hydrogen-bond donors (Lipinski definition) is 1.